The number of hydrogen-bond acceptors (Lipinski definition) is 2. The van der Waals surface area contributed by atoms with Gasteiger partial charge in [-0.2, -0.15) is 0 Å². The Labute approximate surface area is 77.1 Å². The Morgan fingerprint density at radius 3 is 1.08 bits per heavy atom. The van der Waals surface area contributed by atoms with Gasteiger partial charge in [0, 0.05) is 13.1 Å². The summed E-state index contributed by atoms with van der Waals surface area (Å²) in [6.45, 7) is 15.3. The van der Waals surface area contributed by atoms with E-state index < -0.39 is 0 Å². The molecule has 0 amide bonds. The molecule has 0 saturated carbocycles. The van der Waals surface area contributed by atoms with E-state index >= 15 is 0 Å². The Hall–Kier alpha value is -0.0800. The van der Waals surface area contributed by atoms with Crippen LogP contribution in [0.25, 0.3) is 0 Å². The molecule has 2 nitrogen and oxygen atoms in total. The fourth-order valence-corrected chi connectivity index (χ4v) is 0.655. The van der Waals surface area contributed by atoms with Crippen LogP contribution in [0.4, 0.5) is 0 Å². The second-order valence-corrected chi connectivity index (χ2v) is 5.83. The topological polar surface area (TPSA) is 24.1 Å². The molecular formula is C10H24N2. The van der Waals surface area contributed by atoms with Gasteiger partial charge in [0.2, 0.25) is 0 Å². The molecule has 2 heteroatoms. The molecule has 0 saturated heterocycles. The molecule has 0 unspecified atom stereocenters. The van der Waals surface area contributed by atoms with Gasteiger partial charge in [-0.25, -0.2) is 0 Å². The molecule has 2 N–H and O–H groups in total. The van der Waals surface area contributed by atoms with Gasteiger partial charge in [-0.05, 0) is 10.8 Å². The van der Waals surface area contributed by atoms with Crippen molar-refractivity contribution in [2.75, 3.05) is 13.1 Å². The lowest BCUT2D eigenvalue weighted by atomic mass is 9.96. The molecule has 0 heterocycles. The smallest absolute Gasteiger partial charge is 0.0148 e. The van der Waals surface area contributed by atoms with Gasteiger partial charge in [0.25, 0.3) is 0 Å². The Morgan fingerprint density at radius 1 is 0.667 bits per heavy atom. The molecule has 0 aliphatic rings. The fraction of sp³-hybridized carbons (Fsp3) is 1.00. The third-order valence-corrected chi connectivity index (χ3v) is 1.36. The van der Waals surface area contributed by atoms with E-state index in [0.29, 0.717) is 10.8 Å². The van der Waals surface area contributed by atoms with Crippen LogP contribution < -0.4 is 10.9 Å². The molecule has 0 bridgehead atoms. The zero-order valence-electron chi connectivity index (χ0n) is 9.41. The third-order valence-electron chi connectivity index (χ3n) is 1.36. The van der Waals surface area contributed by atoms with Crippen LogP contribution in [-0.4, -0.2) is 13.1 Å². The van der Waals surface area contributed by atoms with Crippen LogP contribution in [0.3, 0.4) is 0 Å². The van der Waals surface area contributed by atoms with Crippen molar-refractivity contribution in [3.05, 3.63) is 0 Å². The molecule has 0 spiro atoms. The summed E-state index contributed by atoms with van der Waals surface area (Å²) in [5, 5.41) is 0. The highest BCUT2D eigenvalue weighted by Gasteiger charge is 2.11. The SMILES string of the molecule is CC(C)(C)CNNCC(C)(C)C. The lowest BCUT2D eigenvalue weighted by Crippen LogP contribution is -2.42. The average Bonchev–Trinajstić information content (AvgIpc) is 1.76. The minimum Gasteiger partial charge on any atom is -0.257 e. The molecule has 0 aromatic rings. The van der Waals surface area contributed by atoms with Crippen molar-refractivity contribution in [3.63, 3.8) is 0 Å². The van der Waals surface area contributed by atoms with Crippen molar-refractivity contribution in [1.29, 1.82) is 0 Å². The minimum absolute atomic E-state index is 0.352. The normalized spacial score (nSPS) is 13.5. The summed E-state index contributed by atoms with van der Waals surface area (Å²) >= 11 is 0. The maximum atomic E-state index is 3.23. The van der Waals surface area contributed by atoms with Crippen LogP contribution in [0.1, 0.15) is 41.5 Å². The summed E-state index contributed by atoms with van der Waals surface area (Å²) in [7, 11) is 0. The lowest BCUT2D eigenvalue weighted by Gasteiger charge is -2.23. The van der Waals surface area contributed by atoms with Gasteiger partial charge in [0.05, 0.1) is 0 Å². The quantitative estimate of drug-likeness (QED) is 0.503. The molecule has 0 radical (unpaired) electrons. The molecule has 0 aliphatic carbocycles. The highest BCUT2D eigenvalue weighted by molar-refractivity contribution is 4.66. The van der Waals surface area contributed by atoms with Crippen LogP contribution >= 0.6 is 0 Å². The monoisotopic (exact) mass is 172 g/mol. The van der Waals surface area contributed by atoms with Crippen molar-refractivity contribution >= 4 is 0 Å². The number of rotatable bonds is 3. The van der Waals surface area contributed by atoms with Crippen LogP contribution in [0.2, 0.25) is 0 Å². The Bertz CT molecular complexity index is 101. The van der Waals surface area contributed by atoms with E-state index in [-0.39, 0.29) is 0 Å². The van der Waals surface area contributed by atoms with Crippen molar-refractivity contribution in [1.82, 2.24) is 10.9 Å². The minimum atomic E-state index is 0.352. The van der Waals surface area contributed by atoms with E-state index in [1.807, 2.05) is 0 Å². The van der Waals surface area contributed by atoms with Gasteiger partial charge < -0.3 is 0 Å². The second kappa shape index (κ2) is 4.24. The Kier molecular flexibility index (Phi) is 4.21. The molecule has 0 rings (SSSR count). The van der Waals surface area contributed by atoms with E-state index in [2.05, 4.69) is 52.4 Å². The highest BCUT2D eigenvalue weighted by atomic mass is 15.4. The summed E-state index contributed by atoms with van der Waals surface area (Å²) in [6, 6.07) is 0. The van der Waals surface area contributed by atoms with Crippen LogP contribution in [0.15, 0.2) is 0 Å². The first-order valence-electron chi connectivity index (χ1n) is 4.66. The zero-order valence-corrected chi connectivity index (χ0v) is 9.41. The van der Waals surface area contributed by atoms with Gasteiger partial charge in [-0.1, -0.05) is 41.5 Å². The maximum absolute atomic E-state index is 3.23. The molecule has 0 atom stereocenters. The van der Waals surface area contributed by atoms with Gasteiger partial charge in [-0.3, -0.25) is 10.9 Å². The standard InChI is InChI=1S/C10H24N2/c1-9(2,3)7-11-12-8-10(4,5)6/h11-12H,7-8H2,1-6H3. The largest absolute Gasteiger partial charge is 0.257 e. The number of nitrogens with one attached hydrogen (secondary N) is 2. The molecule has 74 valence electrons. The van der Waals surface area contributed by atoms with Crippen molar-refractivity contribution < 1.29 is 0 Å². The lowest BCUT2D eigenvalue weighted by molar-refractivity contribution is 0.303. The van der Waals surface area contributed by atoms with E-state index in [4.69, 9.17) is 0 Å². The fourth-order valence-electron chi connectivity index (χ4n) is 0.655. The summed E-state index contributed by atoms with van der Waals surface area (Å²) in [4.78, 5) is 0. The summed E-state index contributed by atoms with van der Waals surface area (Å²) in [5.41, 5.74) is 7.17. The van der Waals surface area contributed by atoms with Crippen molar-refractivity contribution in [2.45, 2.75) is 41.5 Å². The average molecular weight is 172 g/mol. The van der Waals surface area contributed by atoms with E-state index in [0.717, 1.165) is 13.1 Å². The van der Waals surface area contributed by atoms with E-state index in [9.17, 15) is 0 Å². The van der Waals surface area contributed by atoms with Gasteiger partial charge in [0.1, 0.15) is 0 Å². The molecule has 0 aromatic heterocycles. The van der Waals surface area contributed by atoms with E-state index in [1.165, 1.54) is 0 Å². The summed E-state index contributed by atoms with van der Waals surface area (Å²) in [5.74, 6) is 0. The van der Waals surface area contributed by atoms with Gasteiger partial charge in [0.15, 0.2) is 0 Å². The Morgan fingerprint density at radius 2 is 0.917 bits per heavy atom. The predicted molar refractivity (Wildman–Crippen MR) is 54.9 cm³/mol. The first kappa shape index (κ1) is 11.9. The summed E-state index contributed by atoms with van der Waals surface area (Å²) in [6.07, 6.45) is 0. The van der Waals surface area contributed by atoms with Crippen LogP contribution in [0.5, 0.6) is 0 Å². The van der Waals surface area contributed by atoms with Gasteiger partial charge in [-0.15, -0.1) is 0 Å². The second-order valence-electron chi connectivity index (χ2n) is 5.83. The predicted octanol–water partition coefficient (Wildman–Crippen LogP) is 2.17. The highest BCUT2D eigenvalue weighted by Crippen LogP contribution is 2.11. The van der Waals surface area contributed by atoms with Crippen molar-refractivity contribution in [3.8, 4) is 0 Å². The Balaban J connectivity index is 3.35. The van der Waals surface area contributed by atoms with Crippen molar-refractivity contribution in [2.24, 2.45) is 10.8 Å². The van der Waals surface area contributed by atoms with Crippen LogP contribution in [-0.2, 0) is 0 Å². The van der Waals surface area contributed by atoms with Gasteiger partial charge >= 0.3 is 0 Å². The molecule has 0 aromatic carbocycles. The third kappa shape index (κ3) is 9.92. The zero-order chi connectivity index (χ0) is 9.83. The molecular weight excluding hydrogens is 148 g/mol. The molecule has 0 fully saturated rings. The van der Waals surface area contributed by atoms with E-state index in [1.54, 1.807) is 0 Å². The van der Waals surface area contributed by atoms with Crippen LogP contribution in [0, 0.1) is 10.8 Å². The number of hydrazine groups is 1. The maximum Gasteiger partial charge on any atom is 0.0148 e. The summed E-state index contributed by atoms with van der Waals surface area (Å²) < 4.78 is 0. The first-order valence-corrected chi connectivity index (χ1v) is 4.66. The number of hydrogen-bond donors (Lipinski definition) is 2. The molecule has 0 aliphatic heterocycles. The first-order chi connectivity index (χ1) is 5.21. The molecule has 12 heavy (non-hydrogen) atoms.